The molecule has 7 heteroatoms. The summed E-state index contributed by atoms with van der Waals surface area (Å²) in [6.45, 7) is 3.15. The first-order valence-electron chi connectivity index (χ1n) is 5.74. The van der Waals surface area contributed by atoms with Crippen LogP contribution in [-0.4, -0.2) is 52.0 Å². The van der Waals surface area contributed by atoms with Crippen molar-refractivity contribution in [2.24, 2.45) is 5.73 Å². The molecule has 2 atom stereocenters. The highest BCUT2D eigenvalue weighted by atomic mass is 32.1. The van der Waals surface area contributed by atoms with Crippen molar-refractivity contribution in [1.29, 1.82) is 0 Å². The maximum Gasteiger partial charge on any atom is 0.157 e. The average Bonchev–Trinajstić information content (AvgIpc) is 2.38. The van der Waals surface area contributed by atoms with Crippen molar-refractivity contribution < 1.29 is 9.84 Å². The summed E-state index contributed by atoms with van der Waals surface area (Å²) in [5.74, 6) is 0.651. The Morgan fingerprint density at radius 1 is 1.56 bits per heavy atom. The molecule has 3 N–H and O–H groups in total. The minimum Gasteiger partial charge on any atom is -0.394 e. The van der Waals surface area contributed by atoms with Gasteiger partial charge in [-0.1, -0.05) is 12.2 Å². The van der Waals surface area contributed by atoms with Crippen LogP contribution in [0.4, 0.5) is 5.82 Å². The lowest BCUT2D eigenvalue weighted by Gasteiger charge is -2.37. The number of morpholine rings is 1. The van der Waals surface area contributed by atoms with Crippen LogP contribution in [0.3, 0.4) is 0 Å². The molecule has 0 aliphatic carbocycles. The molecule has 1 aromatic heterocycles. The zero-order valence-corrected chi connectivity index (χ0v) is 10.9. The van der Waals surface area contributed by atoms with E-state index in [1.807, 2.05) is 11.8 Å². The van der Waals surface area contributed by atoms with E-state index in [4.69, 9.17) is 22.7 Å². The van der Waals surface area contributed by atoms with Crippen molar-refractivity contribution in [2.45, 2.75) is 19.1 Å². The van der Waals surface area contributed by atoms with E-state index in [-0.39, 0.29) is 23.8 Å². The van der Waals surface area contributed by atoms with Crippen LogP contribution in [-0.2, 0) is 4.74 Å². The van der Waals surface area contributed by atoms with Crippen LogP contribution in [0.5, 0.6) is 0 Å². The second-order valence-corrected chi connectivity index (χ2v) is 4.69. The normalized spacial score (nSPS) is 24.0. The van der Waals surface area contributed by atoms with Crippen molar-refractivity contribution in [3.63, 3.8) is 0 Å². The molecule has 1 aliphatic heterocycles. The summed E-state index contributed by atoms with van der Waals surface area (Å²) in [5, 5.41) is 9.21. The van der Waals surface area contributed by atoms with E-state index >= 15 is 0 Å². The van der Waals surface area contributed by atoms with Crippen molar-refractivity contribution in [1.82, 2.24) is 9.97 Å². The summed E-state index contributed by atoms with van der Waals surface area (Å²) in [6, 6.07) is 0. The van der Waals surface area contributed by atoms with Crippen molar-refractivity contribution in [3.8, 4) is 0 Å². The smallest absolute Gasteiger partial charge is 0.157 e. The van der Waals surface area contributed by atoms with Gasteiger partial charge in [-0.25, -0.2) is 9.97 Å². The van der Waals surface area contributed by atoms with E-state index < -0.39 is 0 Å². The highest BCUT2D eigenvalue weighted by molar-refractivity contribution is 7.80. The minimum absolute atomic E-state index is 0.0112. The molecule has 0 spiro atoms. The highest BCUT2D eigenvalue weighted by Crippen LogP contribution is 2.20. The standard InChI is InChI=1S/C11H16N4O2S/c1-7-4-15(5-8(6-16)17-7)11-9(10(12)18)13-2-3-14-11/h2-3,7-8,16H,4-6H2,1H3,(H2,12,18). The Morgan fingerprint density at radius 2 is 2.28 bits per heavy atom. The van der Waals surface area contributed by atoms with Gasteiger partial charge in [-0.3, -0.25) is 0 Å². The molecule has 0 bridgehead atoms. The monoisotopic (exact) mass is 268 g/mol. The number of nitrogens with two attached hydrogens (primary N) is 1. The molecular weight excluding hydrogens is 252 g/mol. The molecule has 0 saturated carbocycles. The first kappa shape index (κ1) is 13.1. The van der Waals surface area contributed by atoms with E-state index in [0.29, 0.717) is 24.6 Å². The lowest BCUT2D eigenvalue weighted by atomic mass is 10.2. The zero-order valence-electron chi connectivity index (χ0n) is 10.1. The SMILES string of the molecule is CC1CN(c2nccnc2C(N)=S)CC(CO)O1. The fourth-order valence-electron chi connectivity index (χ4n) is 2.05. The Labute approximate surface area is 111 Å². The van der Waals surface area contributed by atoms with Gasteiger partial charge in [0, 0.05) is 25.5 Å². The zero-order chi connectivity index (χ0) is 13.1. The molecule has 1 aromatic rings. The molecule has 2 heterocycles. The molecule has 2 rings (SSSR count). The van der Waals surface area contributed by atoms with E-state index in [9.17, 15) is 5.11 Å². The number of nitrogens with zero attached hydrogens (tertiary/aromatic N) is 3. The fraction of sp³-hybridized carbons (Fsp3) is 0.545. The summed E-state index contributed by atoms with van der Waals surface area (Å²) in [6.07, 6.45) is 2.95. The number of hydrogen-bond donors (Lipinski definition) is 2. The van der Waals surface area contributed by atoms with E-state index in [0.717, 1.165) is 0 Å². The summed E-state index contributed by atoms with van der Waals surface area (Å²) < 4.78 is 5.58. The predicted molar refractivity (Wildman–Crippen MR) is 71.6 cm³/mol. The van der Waals surface area contributed by atoms with Crippen LogP contribution >= 0.6 is 12.2 Å². The predicted octanol–water partition coefficient (Wildman–Crippen LogP) is -0.303. The van der Waals surface area contributed by atoms with Crippen LogP contribution in [0.15, 0.2) is 12.4 Å². The van der Waals surface area contributed by atoms with E-state index in [1.165, 1.54) is 0 Å². The van der Waals surface area contributed by atoms with Gasteiger partial charge in [0.25, 0.3) is 0 Å². The lowest BCUT2D eigenvalue weighted by molar-refractivity contribution is -0.0423. The quantitative estimate of drug-likeness (QED) is 0.728. The molecule has 0 aromatic carbocycles. The molecule has 18 heavy (non-hydrogen) atoms. The molecule has 0 radical (unpaired) electrons. The molecule has 1 fully saturated rings. The van der Waals surface area contributed by atoms with Gasteiger partial charge in [-0.15, -0.1) is 0 Å². The molecule has 2 unspecified atom stereocenters. The van der Waals surface area contributed by atoms with Gasteiger partial charge in [0.1, 0.15) is 10.7 Å². The number of ether oxygens (including phenoxy) is 1. The summed E-state index contributed by atoms with van der Waals surface area (Å²) in [5.41, 5.74) is 6.16. The Morgan fingerprint density at radius 3 is 2.94 bits per heavy atom. The Bertz CT molecular complexity index is 443. The Kier molecular flexibility index (Phi) is 4.05. The highest BCUT2D eigenvalue weighted by Gasteiger charge is 2.27. The summed E-state index contributed by atoms with van der Waals surface area (Å²) in [4.78, 5) is 10.7. The molecule has 0 amide bonds. The third kappa shape index (κ3) is 2.74. The van der Waals surface area contributed by atoms with Gasteiger partial charge in [-0.05, 0) is 6.92 Å². The largest absolute Gasteiger partial charge is 0.394 e. The first-order chi connectivity index (χ1) is 8.61. The maximum absolute atomic E-state index is 9.21. The van der Waals surface area contributed by atoms with Crippen molar-refractivity contribution >= 4 is 23.0 Å². The first-order valence-corrected chi connectivity index (χ1v) is 6.14. The summed E-state index contributed by atoms with van der Waals surface area (Å²) in [7, 11) is 0. The van der Waals surface area contributed by atoms with Gasteiger partial charge >= 0.3 is 0 Å². The third-order valence-electron chi connectivity index (χ3n) is 2.74. The maximum atomic E-state index is 9.21. The molecule has 98 valence electrons. The fourth-order valence-corrected chi connectivity index (χ4v) is 2.20. The van der Waals surface area contributed by atoms with Crippen molar-refractivity contribution in [3.05, 3.63) is 18.1 Å². The minimum atomic E-state index is -0.227. The van der Waals surface area contributed by atoms with Crippen LogP contribution in [0, 0.1) is 0 Å². The molecular formula is C11H16N4O2S. The van der Waals surface area contributed by atoms with Gasteiger partial charge in [0.2, 0.25) is 0 Å². The third-order valence-corrected chi connectivity index (χ3v) is 2.94. The number of thiocarbonyl (C=S) groups is 1. The Balaban J connectivity index is 2.27. The number of aromatic nitrogens is 2. The van der Waals surface area contributed by atoms with Crippen LogP contribution in [0.25, 0.3) is 0 Å². The lowest BCUT2D eigenvalue weighted by Crippen LogP contribution is -2.49. The van der Waals surface area contributed by atoms with Crippen LogP contribution < -0.4 is 10.6 Å². The average molecular weight is 268 g/mol. The number of hydrogen-bond acceptors (Lipinski definition) is 6. The van der Waals surface area contributed by atoms with Gasteiger partial charge < -0.3 is 20.5 Å². The second kappa shape index (κ2) is 5.55. The molecule has 6 nitrogen and oxygen atoms in total. The van der Waals surface area contributed by atoms with Gasteiger partial charge in [0.05, 0.1) is 18.8 Å². The topological polar surface area (TPSA) is 84.5 Å². The van der Waals surface area contributed by atoms with E-state index in [1.54, 1.807) is 12.4 Å². The molecule has 1 saturated heterocycles. The number of rotatable bonds is 3. The van der Waals surface area contributed by atoms with Gasteiger partial charge in [0.15, 0.2) is 5.82 Å². The van der Waals surface area contributed by atoms with Crippen LogP contribution in [0.1, 0.15) is 12.6 Å². The Hall–Kier alpha value is -1.31. The number of aliphatic hydroxyl groups is 1. The van der Waals surface area contributed by atoms with E-state index in [2.05, 4.69) is 9.97 Å². The van der Waals surface area contributed by atoms with Gasteiger partial charge in [-0.2, -0.15) is 0 Å². The van der Waals surface area contributed by atoms with Crippen LogP contribution in [0.2, 0.25) is 0 Å². The molecule has 1 aliphatic rings. The summed E-state index contributed by atoms with van der Waals surface area (Å²) >= 11 is 4.97. The van der Waals surface area contributed by atoms with Crippen molar-refractivity contribution in [2.75, 3.05) is 24.6 Å². The number of aliphatic hydroxyl groups excluding tert-OH is 1. The number of anilines is 1. The second-order valence-electron chi connectivity index (χ2n) is 4.25.